The van der Waals surface area contributed by atoms with Crippen LogP contribution in [-0.2, 0) is 21.1 Å². The van der Waals surface area contributed by atoms with E-state index in [1.54, 1.807) is 11.3 Å². The van der Waals surface area contributed by atoms with Gasteiger partial charge in [0, 0.05) is 21.8 Å². The maximum atomic E-state index is 6.44. The Morgan fingerprint density at radius 1 is 0.527 bits per heavy atom. The van der Waals surface area contributed by atoms with Gasteiger partial charge in [-0.1, -0.05) is 96.7 Å². The van der Waals surface area contributed by atoms with Crippen LogP contribution in [-0.4, -0.2) is 9.97 Å². The molecule has 1 aliphatic heterocycles. The molecule has 0 atom stereocenters. The zero-order valence-corrected chi connectivity index (χ0v) is 32.3. The second-order valence-electron chi connectivity index (χ2n) is 12.9. The fourth-order valence-corrected chi connectivity index (χ4v) is 8.26. The van der Waals surface area contributed by atoms with Gasteiger partial charge in [-0.3, -0.25) is 4.98 Å². The van der Waals surface area contributed by atoms with E-state index in [9.17, 15) is 0 Å². The number of rotatable bonds is 7. The number of hydrogen-bond donors (Lipinski definition) is 0. The van der Waals surface area contributed by atoms with Crippen LogP contribution in [0.4, 0.5) is 33.6 Å². The van der Waals surface area contributed by atoms with Crippen molar-refractivity contribution in [2.45, 2.75) is 0 Å². The molecule has 264 valence electrons. The molecule has 0 saturated heterocycles. The predicted molar refractivity (Wildman–Crippen MR) is 221 cm³/mol. The normalized spacial score (nSPS) is 11.8. The maximum absolute atomic E-state index is 6.44. The summed E-state index contributed by atoms with van der Waals surface area (Å²) in [7, 11) is 0. The van der Waals surface area contributed by atoms with Crippen LogP contribution in [0, 0.1) is 12.1 Å². The number of thiophene rings is 1. The monoisotopic (exact) mass is 905 g/mol. The molecule has 0 bridgehead atoms. The molecule has 0 radical (unpaired) electrons. The number of ether oxygens (including phenoxy) is 1. The van der Waals surface area contributed by atoms with Crippen LogP contribution >= 0.6 is 11.3 Å². The fourth-order valence-electron chi connectivity index (χ4n) is 7.05. The number of aromatic nitrogens is 2. The Morgan fingerprint density at radius 3 is 1.91 bits per heavy atom. The minimum atomic E-state index is 0. The Morgan fingerprint density at radius 2 is 1.20 bits per heavy atom. The van der Waals surface area contributed by atoms with E-state index in [0.717, 1.165) is 72.5 Å². The van der Waals surface area contributed by atoms with Crippen LogP contribution in [0.25, 0.3) is 43.6 Å². The van der Waals surface area contributed by atoms with Crippen LogP contribution in [0.1, 0.15) is 0 Å². The maximum Gasteiger partial charge on any atom is 2.00 e. The average molecular weight is 906 g/mol. The van der Waals surface area contributed by atoms with Crippen molar-refractivity contribution in [3.8, 4) is 45.3 Å². The third-order valence-corrected chi connectivity index (χ3v) is 10.6. The molecule has 4 heterocycles. The minimum absolute atomic E-state index is 0. The van der Waals surface area contributed by atoms with Gasteiger partial charge in [0.1, 0.15) is 5.00 Å². The first kappa shape index (κ1) is 34.4. The van der Waals surface area contributed by atoms with Gasteiger partial charge < -0.3 is 14.5 Å². The molecule has 0 unspecified atom stereocenters. The van der Waals surface area contributed by atoms with Gasteiger partial charge in [-0.05, 0) is 64.3 Å². The summed E-state index contributed by atoms with van der Waals surface area (Å²) in [5, 5.41) is 2.21. The number of hydrogen-bond acceptors (Lipinski definition) is 6. The number of nitrogens with zero attached hydrogens (tertiary/aromatic N) is 4. The summed E-state index contributed by atoms with van der Waals surface area (Å²) < 4.78 is 7.62. The molecule has 0 N–H and O–H groups in total. The zero-order chi connectivity index (χ0) is 35.8. The summed E-state index contributed by atoms with van der Waals surface area (Å²) in [4.78, 5) is 14.7. The van der Waals surface area contributed by atoms with E-state index >= 15 is 0 Å². The van der Waals surface area contributed by atoms with E-state index in [0.29, 0.717) is 11.8 Å². The van der Waals surface area contributed by atoms with Crippen molar-refractivity contribution in [3.05, 3.63) is 194 Å². The van der Waals surface area contributed by atoms with Crippen LogP contribution in [0.5, 0.6) is 11.8 Å². The summed E-state index contributed by atoms with van der Waals surface area (Å²) in [6, 6.07) is 69.0. The molecule has 3 aromatic heterocycles. The molecule has 1 aliphatic rings. The van der Waals surface area contributed by atoms with Crippen molar-refractivity contribution < 1.29 is 25.8 Å². The van der Waals surface area contributed by atoms with Crippen molar-refractivity contribution in [2.75, 3.05) is 9.80 Å². The van der Waals surface area contributed by atoms with E-state index in [1.165, 1.54) is 4.70 Å². The molecule has 10 rings (SSSR count). The molecule has 0 saturated carbocycles. The molecular weight excluding hydrogens is 876 g/mol. The van der Waals surface area contributed by atoms with Gasteiger partial charge >= 0.3 is 21.1 Å². The number of fused-ring (bicyclic) bond motifs is 4. The zero-order valence-electron chi connectivity index (χ0n) is 29.2. The second kappa shape index (κ2) is 14.8. The molecule has 0 amide bonds. The molecule has 0 spiro atoms. The summed E-state index contributed by atoms with van der Waals surface area (Å²) in [5.74, 6) is 1.62. The molecule has 0 fully saturated rings. The Bertz CT molecular complexity index is 2700. The molecule has 6 aromatic carbocycles. The quantitative estimate of drug-likeness (QED) is 0.149. The minimum Gasteiger partial charge on any atom is -0.421 e. The third-order valence-electron chi connectivity index (χ3n) is 9.50. The number of para-hydroxylation sites is 1. The standard InChI is InChI=1S/C48H30N4OS.Pt/c1-5-16-33(17-6-1)36-30-37(34-18-7-2-8-19-34)32-39(31-36)51-42-28-29-45(53-44-27-15-25-41(49-44)35-20-9-3-10-21-35)50-47(42)52(38-22-11-4-12-23-38)48-46(51)40-24-13-14-26-43(40)54-48;/h1-20,22,24-32H;/q-2;+2. The molecule has 7 heteroatoms. The van der Waals surface area contributed by atoms with Crippen molar-refractivity contribution in [3.63, 3.8) is 0 Å². The topological polar surface area (TPSA) is 41.5 Å². The number of pyridine rings is 2. The van der Waals surface area contributed by atoms with Crippen LogP contribution in [0.3, 0.4) is 0 Å². The van der Waals surface area contributed by atoms with E-state index in [1.807, 2.05) is 66.7 Å². The summed E-state index contributed by atoms with van der Waals surface area (Å²) in [6.45, 7) is 0. The van der Waals surface area contributed by atoms with Crippen LogP contribution in [0.15, 0.2) is 182 Å². The Kier molecular flexibility index (Phi) is 9.29. The van der Waals surface area contributed by atoms with Gasteiger partial charge in [0.15, 0.2) is 5.82 Å². The fraction of sp³-hybridized carbons (Fsp3) is 0. The van der Waals surface area contributed by atoms with E-state index in [4.69, 9.17) is 14.7 Å². The predicted octanol–water partition coefficient (Wildman–Crippen LogP) is 13.3. The average Bonchev–Trinajstić information content (AvgIpc) is 3.63. The Hall–Kier alpha value is -6.33. The summed E-state index contributed by atoms with van der Waals surface area (Å²) in [5.41, 5.74) is 10.2. The molecule has 5 nitrogen and oxygen atoms in total. The molecule has 9 aromatic rings. The smallest absolute Gasteiger partial charge is 0.421 e. The van der Waals surface area contributed by atoms with Gasteiger partial charge in [-0.15, -0.1) is 53.3 Å². The van der Waals surface area contributed by atoms with Crippen molar-refractivity contribution in [1.29, 1.82) is 0 Å². The van der Waals surface area contributed by atoms with Crippen molar-refractivity contribution in [1.82, 2.24) is 9.97 Å². The summed E-state index contributed by atoms with van der Waals surface area (Å²) >= 11 is 1.74. The largest absolute Gasteiger partial charge is 2.00 e. The number of benzene rings is 6. The van der Waals surface area contributed by atoms with Crippen molar-refractivity contribution in [2.24, 2.45) is 0 Å². The first-order valence-electron chi connectivity index (χ1n) is 17.7. The van der Waals surface area contributed by atoms with E-state index in [2.05, 4.69) is 137 Å². The first-order valence-corrected chi connectivity index (χ1v) is 18.6. The van der Waals surface area contributed by atoms with E-state index in [-0.39, 0.29) is 21.1 Å². The summed E-state index contributed by atoms with van der Waals surface area (Å²) in [6.07, 6.45) is 0. The van der Waals surface area contributed by atoms with Crippen LogP contribution in [0.2, 0.25) is 0 Å². The molecule has 55 heavy (non-hydrogen) atoms. The van der Waals surface area contributed by atoms with Gasteiger partial charge in [0.05, 0.1) is 11.4 Å². The van der Waals surface area contributed by atoms with Gasteiger partial charge in [-0.25, -0.2) is 0 Å². The molecular formula is C48H30N4OPtS. The molecule has 0 aliphatic carbocycles. The van der Waals surface area contributed by atoms with Crippen molar-refractivity contribution >= 4 is 55.0 Å². The Balaban J connectivity index is 0.00000397. The SMILES string of the molecule is [Pt+2].[c-]1ccccc1-c1cccc(Oc2ccc3c(n2)N(c2[c-]cccc2)c2sc4ccccc4c2N3c2cc(-c3ccccc3)cc(-c3ccccc3)c2)n1. The van der Waals surface area contributed by atoms with Gasteiger partial charge in [0.25, 0.3) is 0 Å². The second-order valence-corrected chi connectivity index (χ2v) is 13.9. The van der Waals surface area contributed by atoms with Crippen LogP contribution < -0.4 is 14.5 Å². The number of anilines is 6. The Labute approximate surface area is 338 Å². The first-order chi connectivity index (χ1) is 26.8. The van der Waals surface area contributed by atoms with Gasteiger partial charge in [0.2, 0.25) is 11.8 Å². The van der Waals surface area contributed by atoms with E-state index < -0.39 is 0 Å². The van der Waals surface area contributed by atoms with Gasteiger partial charge in [-0.2, -0.15) is 29.2 Å². The third kappa shape index (κ3) is 6.50.